The van der Waals surface area contributed by atoms with Crippen molar-refractivity contribution in [2.45, 2.75) is 19.9 Å². The lowest BCUT2D eigenvalue weighted by Gasteiger charge is -2.04. The van der Waals surface area contributed by atoms with Crippen molar-refractivity contribution in [2.75, 3.05) is 13.2 Å². The average molecular weight is 261 g/mol. The lowest BCUT2D eigenvalue weighted by Crippen LogP contribution is -2.02. The van der Waals surface area contributed by atoms with Gasteiger partial charge >= 0.3 is 0 Å². The van der Waals surface area contributed by atoms with Crippen LogP contribution in [0.2, 0.25) is 0 Å². The number of rotatable bonds is 5. The van der Waals surface area contributed by atoms with Crippen LogP contribution in [0, 0.1) is 16.1 Å². The first kappa shape index (κ1) is 12.8. The maximum Gasteiger partial charge on any atom is 0.178 e. The van der Waals surface area contributed by atoms with Crippen molar-refractivity contribution in [1.29, 1.82) is 5.26 Å². The Hall–Kier alpha value is -1.64. The van der Waals surface area contributed by atoms with Gasteiger partial charge in [-0.25, -0.2) is 0 Å². The van der Waals surface area contributed by atoms with Gasteiger partial charge in [0.2, 0.25) is 0 Å². The molecule has 0 spiro atoms. The molecule has 0 saturated heterocycles. The molecule has 0 fully saturated rings. The second-order valence-electron chi connectivity index (χ2n) is 3.94. The van der Waals surface area contributed by atoms with Crippen LogP contribution in [0.3, 0.4) is 0 Å². The van der Waals surface area contributed by atoms with Gasteiger partial charge in [-0.2, -0.15) is 5.26 Å². The summed E-state index contributed by atoms with van der Waals surface area (Å²) in [7, 11) is 0. The van der Waals surface area contributed by atoms with E-state index in [1.165, 1.54) is 0 Å². The molecule has 0 aliphatic rings. The van der Waals surface area contributed by atoms with E-state index in [9.17, 15) is 0 Å². The number of aromatic amines is 1. The Balaban J connectivity index is 2.31. The largest absolute Gasteiger partial charge is 0.382 e. The van der Waals surface area contributed by atoms with Crippen molar-refractivity contribution in [3.05, 3.63) is 28.5 Å². The number of nitriles is 1. The molecule has 2 aromatic rings. The summed E-state index contributed by atoms with van der Waals surface area (Å²) in [5.74, 6) is 0. The molecule has 2 rings (SSSR count). The highest BCUT2D eigenvalue weighted by Crippen LogP contribution is 2.18. The summed E-state index contributed by atoms with van der Waals surface area (Å²) in [4.78, 5) is 3.10. The van der Waals surface area contributed by atoms with Crippen LogP contribution in [0.15, 0.2) is 18.2 Å². The number of aromatic nitrogens is 2. The number of ether oxygens (including phenoxy) is 1. The summed E-state index contributed by atoms with van der Waals surface area (Å²) < 4.78 is 7.99. The average Bonchev–Trinajstić information content (AvgIpc) is 2.70. The zero-order valence-corrected chi connectivity index (χ0v) is 11.1. The number of nitrogens with one attached hydrogen (secondary N) is 1. The molecule has 18 heavy (non-hydrogen) atoms. The first-order valence-electron chi connectivity index (χ1n) is 5.97. The molecule has 0 aliphatic carbocycles. The Kier molecular flexibility index (Phi) is 4.13. The molecule has 0 saturated carbocycles. The Morgan fingerprint density at radius 1 is 1.50 bits per heavy atom. The van der Waals surface area contributed by atoms with Crippen LogP contribution in [-0.2, 0) is 11.3 Å². The minimum Gasteiger partial charge on any atom is -0.382 e. The van der Waals surface area contributed by atoms with E-state index in [2.05, 4.69) is 11.1 Å². The third kappa shape index (κ3) is 2.45. The highest BCUT2D eigenvalue weighted by atomic mass is 32.1. The number of nitrogens with zero attached hydrogens (tertiary/aromatic N) is 2. The molecule has 1 aromatic heterocycles. The van der Waals surface area contributed by atoms with Crippen molar-refractivity contribution < 1.29 is 4.74 Å². The van der Waals surface area contributed by atoms with Crippen LogP contribution in [0.4, 0.5) is 0 Å². The smallest absolute Gasteiger partial charge is 0.178 e. The Morgan fingerprint density at radius 2 is 2.33 bits per heavy atom. The molecule has 0 bridgehead atoms. The molecule has 5 heteroatoms. The van der Waals surface area contributed by atoms with Crippen molar-refractivity contribution >= 4 is 23.3 Å². The summed E-state index contributed by atoms with van der Waals surface area (Å²) in [5, 5.41) is 9.05. The second kappa shape index (κ2) is 5.80. The molecule has 94 valence electrons. The molecule has 1 heterocycles. The minimum absolute atomic E-state index is 0.627. The summed E-state index contributed by atoms with van der Waals surface area (Å²) >= 11 is 5.30. The molecule has 1 N–H and O–H groups in total. The second-order valence-corrected chi connectivity index (χ2v) is 4.33. The minimum atomic E-state index is 0.627. The van der Waals surface area contributed by atoms with E-state index in [0.717, 1.165) is 37.2 Å². The van der Waals surface area contributed by atoms with Crippen LogP contribution >= 0.6 is 12.2 Å². The normalized spacial score (nSPS) is 10.7. The van der Waals surface area contributed by atoms with Gasteiger partial charge in [-0.1, -0.05) is 6.07 Å². The van der Waals surface area contributed by atoms with Gasteiger partial charge in [-0.05, 0) is 37.7 Å². The fraction of sp³-hybridized carbons (Fsp3) is 0.385. The zero-order valence-electron chi connectivity index (χ0n) is 10.3. The summed E-state index contributed by atoms with van der Waals surface area (Å²) in [5.41, 5.74) is 2.43. The van der Waals surface area contributed by atoms with Gasteiger partial charge in [0.25, 0.3) is 0 Å². The summed E-state index contributed by atoms with van der Waals surface area (Å²) in [6.07, 6.45) is 0.909. The van der Waals surface area contributed by atoms with Crippen molar-refractivity contribution in [1.82, 2.24) is 9.55 Å². The Labute approximate surface area is 111 Å². The summed E-state index contributed by atoms with van der Waals surface area (Å²) in [6, 6.07) is 7.81. The van der Waals surface area contributed by atoms with E-state index >= 15 is 0 Å². The standard InChI is InChI=1S/C13H15N3OS/c1-2-17-8-4-7-16-11-6-3-5-10(9-14)12(11)15-13(16)18/h3,5-6H,2,4,7-8H2,1H3,(H,15,18). The number of H-pyrrole nitrogens is 1. The molecule has 0 unspecified atom stereocenters. The first-order chi connectivity index (χ1) is 8.77. The van der Waals surface area contributed by atoms with Crippen LogP contribution < -0.4 is 0 Å². The van der Waals surface area contributed by atoms with Crippen molar-refractivity contribution in [3.63, 3.8) is 0 Å². The van der Waals surface area contributed by atoms with Gasteiger partial charge in [-0.15, -0.1) is 0 Å². The lowest BCUT2D eigenvalue weighted by molar-refractivity contribution is 0.142. The van der Waals surface area contributed by atoms with Crippen molar-refractivity contribution in [2.24, 2.45) is 0 Å². The van der Waals surface area contributed by atoms with Crippen LogP contribution in [0.1, 0.15) is 18.9 Å². The Bertz CT molecular complexity index is 636. The molecule has 0 atom stereocenters. The van der Waals surface area contributed by atoms with Gasteiger partial charge in [0, 0.05) is 19.8 Å². The van der Waals surface area contributed by atoms with E-state index < -0.39 is 0 Å². The number of para-hydroxylation sites is 1. The highest BCUT2D eigenvalue weighted by Gasteiger charge is 2.07. The molecule has 4 nitrogen and oxygen atoms in total. The number of hydrogen-bond donors (Lipinski definition) is 1. The number of aryl methyl sites for hydroxylation is 1. The molecule has 1 aromatic carbocycles. The topological polar surface area (TPSA) is 53.7 Å². The maximum atomic E-state index is 9.05. The first-order valence-corrected chi connectivity index (χ1v) is 6.38. The number of benzene rings is 1. The predicted octanol–water partition coefficient (Wildman–Crippen LogP) is 3.00. The Morgan fingerprint density at radius 3 is 3.06 bits per heavy atom. The van der Waals surface area contributed by atoms with Crippen LogP contribution in [-0.4, -0.2) is 22.8 Å². The van der Waals surface area contributed by atoms with Gasteiger partial charge in [0.05, 0.1) is 16.6 Å². The molecule has 0 aliphatic heterocycles. The van der Waals surface area contributed by atoms with Gasteiger partial charge in [0.15, 0.2) is 4.77 Å². The van der Waals surface area contributed by atoms with Gasteiger partial charge < -0.3 is 14.3 Å². The molecular weight excluding hydrogens is 246 g/mol. The highest BCUT2D eigenvalue weighted by molar-refractivity contribution is 7.71. The van der Waals surface area contributed by atoms with E-state index in [0.29, 0.717) is 10.3 Å². The lowest BCUT2D eigenvalue weighted by atomic mass is 10.2. The number of hydrogen-bond acceptors (Lipinski definition) is 3. The van der Waals surface area contributed by atoms with Gasteiger partial charge in [-0.3, -0.25) is 0 Å². The molecule has 0 amide bonds. The number of fused-ring (bicyclic) bond motifs is 1. The zero-order chi connectivity index (χ0) is 13.0. The fourth-order valence-electron chi connectivity index (χ4n) is 1.96. The monoisotopic (exact) mass is 261 g/mol. The maximum absolute atomic E-state index is 9.05. The van der Waals surface area contributed by atoms with Crippen LogP contribution in [0.5, 0.6) is 0 Å². The van der Waals surface area contributed by atoms with E-state index in [4.69, 9.17) is 22.2 Å². The van der Waals surface area contributed by atoms with Crippen LogP contribution in [0.25, 0.3) is 11.0 Å². The molecule has 0 radical (unpaired) electrons. The van der Waals surface area contributed by atoms with E-state index in [-0.39, 0.29) is 0 Å². The third-order valence-electron chi connectivity index (χ3n) is 2.81. The predicted molar refractivity (Wildman–Crippen MR) is 72.9 cm³/mol. The van der Waals surface area contributed by atoms with E-state index in [1.54, 1.807) is 6.07 Å². The molecular formula is C13H15N3OS. The van der Waals surface area contributed by atoms with E-state index in [1.807, 2.05) is 23.6 Å². The SMILES string of the molecule is CCOCCCn1c(=S)[nH]c2c(C#N)cccc21. The summed E-state index contributed by atoms with van der Waals surface area (Å²) in [6.45, 7) is 4.24. The van der Waals surface area contributed by atoms with Crippen molar-refractivity contribution in [3.8, 4) is 6.07 Å². The fourth-order valence-corrected chi connectivity index (χ4v) is 2.26. The third-order valence-corrected chi connectivity index (χ3v) is 3.13. The van der Waals surface area contributed by atoms with Gasteiger partial charge in [0.1, 0.15) is 6.07 Å². The quantitative estimate of drug-likeness (QED) is 0.665. The number of imidazole rings is 1.